The molecule has 0 saturated heterocycles. The maximum absolute atomic E-state index is 13.9. The van der Waals surface area contributed by atoms with E-state index >= 15 is 0 Å². The van der Waals surface area contributed by atoms with Gasteiger partial charge in [0, 0.05) is 12.4 Å². The highest BCUT2D eigenvalue weighted by Crippen LogP contribution is 2.25. The van der Waals surface area contributed by atoms with Gasteiger partial charge in [0.15, 0.2) is 0 Å². The molecule has 1 aromatic heterocycles. The van der Waals surface area contributed by atoms with Crippen molar-refractivity contribution in [2.24, 2.45) is 4.99 Å². The van der Waals surface area contributed by atoms with Gasteiger partial charge in [-0.2, -0.15) is 0 Å². The Bertz CT molecular complexity index is 637. The first-order valence-corrected chi connectivity index (χ1v) is 5.61. The van der Waals surface area contributed by atoms with Gasteiger partial charge in [-0.25, -0.2) is 14.4 Å². The van der Waals surface area contributed by atoms with E-state index in [1.165, 1.54) is 6.07 Å². The molecule has 0 atom stereocenters. The van der Waals surface area contributed by atoms with Crippen LogP contribution >= 0.6 is 0 Å². The largest absolute Gasteiger partial charge is 0.338 e. The quantitative estimate of drug-likeness (QED) is 0.880. The highest BCUT2D eigenvalue weighted by molar-refractivity contribution is 5.86. The summed E-state index contributed by atoms with van der Waals surface area (Å²) in [6.45, 7) is 2.34. The molecule has 0 radical (unpaired) electrons. The van der Waals surface area contributed by atoms with Crippen LogP contribution in [-0.2, 0) is 6.54 Å². The Balaban J connectivity index is 1.95. The van der Waals surface area contributed by atoms with Crippen molar-refractivity contribution in [3.8, 4) is 0 Å². The number of halogens is 1. The molecular weight excluding hydrogens is 231 g/mol. The Morgan fingerprint density at radius 3 is 3.06 bits per heavy atom. The number of rotatable bonds is 2. The number of anilines is 2. The summed E-state index contributed by atoms with van der Waals surface area (Å²) < 4.78 is 13.9. The van der Waals surface area contributed by atoms with E-state index in [0.29, 0.717) is 23.9 Å². The maximum Gasteiger partial charge on any atom is 0.147 e. The minimum absolute atomic E-state index is 0.296. The van der Waals surface area contributed by atoms with Gasteiger partial charge in [-0.15, -0.1) is 0 Å². The summed E-state index contributed by atoms with van der Waals surface area (Å²) in [6.07, 6.45) is 3.39. The van der Waals surface area contributed by atoms with E-state index in [1.54, 1.807) is 31.5 Å². The van der Waals surface area contributed by atoms with E-state index in [1.807, 2.05) is 0 Å². The number of hydrogen-bond acceptors (Lipinski definition) is 4. The van der Waals surface area contributed by atoms with Crippen LogP contribution in [0, 0.1) is 12.7 Å². The molecule has 0 bridgehead atoms. The van der Waals surface area contributed by atoms with Gasteiger partial charge < -0.3 is 5.32 Å². The van der Waals surface area contributed by atoms with Crippen LogP contribution in [0.5, 0.6) is 0 Å². The number of benzene rings is 1. The molecule has 2 aromatic rings. The number of fused-ring (bicyclic) bond motifs is 1. The fraction of sp³-hybridized carbons (Fsp3) is 0.154. The van der Waals surface area contributed by atoms with Gasteiger partial charge in [0.1, 0.15) is 17.5 Å². The third-order valence-electron chi connectivity index (χ3n) is 2.76. The molecule has 0 fully saturated rings. The standard InChI is InChI=1S/C13H11FN4/c1-8-16-3-2-13(17-8)18-12-5-10-7-15-6-9(10)4-11(12)14/h2-5,7H,6H2,1H3,(H,16,17,18). The molecule has 1 aliphatic heterocycles. The van der Waals surface area contributed by atoms with Crippen LogP contribution in [0.3, 0.4) is 0 Å². The van der Waals surface area contributed by atoms with E-state index < -0.39 is 0 Å². The highest BCUT2D eigenvalue weighted by atomic mass is 19.1. The normalized spacial score (nSPS) is 12.6. The molecule has 0 amide bonds. The minimum atomic E-state index is -0.296. The average Bonchev–Trinajstić information content (AvgIpc) is 2.76. The summed E-state index contributed by atoms with van der Waals surface area (Å²) in [5.41, 5.74) is 2.27. The van der Waals surface area contributed by atoms with Crippen molar-refractivity contribution < 1.29 is 4.39 Å². The van der Waals surface area contributed by atoms with Gasteiger partial charge in [-0.1, -0.05) is 0 Å². The molecule has 90 valence electrons. The Morgan fingerprint density at radius 2 is 2.22 bits per heavy atom. The summed E-state index contributed by atoms with van der Waals surface area (Å²) in [4.78, 5) is 12.3. The predicted molar refractivity (Wildman–Crippen MR) is 67.7 cm³/mol. The van der Waals surface area contributed by atoms with Crippen molar-refractivity contribution in [1.82, 2.24) is 9.97 Å². The van der Waals surface area contributed by atoms with Crippen LogP contribution in [-0.4, -0.2) is 16.2 Å². The molecule has 1 aromatic carbocycles. The molecule has 0 aliphatic carbocycles. The maximum atomic E-state index is 13.9. The molecule has 3 rings (SSSR count). The first kappa shape index (κ1) is 10.8. The topological polar surface area (TPSA) is 50.2 Å². The van der Waals surface area contributed by atoms with Gasteiger partial charge >= 0.3 is 0 Å². The summed E-state index contributed by atoms with van der Waals surface area (Å²) in [7, 11) is 0. The zero-order valence-electron chi connectivity index (χ0n) is 9.81. The number of nitrogens with zero attached hydrogens (tertiary/aromatic N) is 3. The van der Waals surface area contributed by atoms with Crippen LogP contribution in [0.15, 0.2) is 29.4 Å². The lowest BCUT2D eigenvalue weighted by Crippen LogP contribution is -2.00. The lowest BCUT2D eigenvalue weighted by Gasteiger charge is -2.08. The average molecular weight is 242 g/mol. The minimum Gasteiger partial charge on any atom is -0.338 e. The third-order valence-corrected chi connectivity index (χ3v) is 2.76. The summed E-state index contributed by atoms with van der Waals surface area (Å²) in [5, 5.41) is 2.95. The molecule has 18 heavy (non-hydrogen) atoms. The molecule has 0 saturated carbocycles. The molecule has 0 unspecified atom stereocenters. The molecule has 4 nitrogen and oxygen atoms in total. The Hall–Kier alpha value is -2.30. The third kappa shape index (κ3) is 1.95. The Labute approximate surface area is 104 Å². The van der Waals surface area contributed by atoms with E-state index in [2.05, 4.69) is 20.3 Å². The van der Waals surface area contributed by atoms with E-state index in [0.717, 1.165) is 11.1 Å². The zero-order chi connectivity index (χ0) is 12.5. The van der Waals surface area contributed by atoms with Crippen molar-refractivity contribution in [1.29, 1.82) is 0 Å². The van der Waals surface area contributed by atoms with Gasteiger partial charge in [-0.05, 0) is 36.2 Å². The number of aryl methyl sites for hydroxylation is 1. The van der Waals surface area contributed by atoms with Crippen LogP contribution in [0.1, 0.15) is 17.0 Å². The first-order chi connectivity index (χ1) is 8.72. The SMILES string of the molecule is Cc1nccc(Nc2cc3c(cc2F)CN=C3)n1. The highest BCUT2D eigenvalue weighted by Gasteiger charge is 2.12. The van der Waals surface area contributed by atoms with Gasteiger partial charge in [0.25, 0.3) is 0 Å². The smallest absolute Gasteiger partial charge is 0.147 e. The van der Waals surface area contributed by atoms with Crippen molar-refractivity contribution >= 4 is 17.7 Å². The first-order valence-electron chi connectivity index (χ1n) is 5.61. The summed E-state index contributed by atoms with van der Waals surface area (Å²) >= 11 is 0. The van der Waals surface area contributed by atoms with Crippen molar-refractivity contribution in [3.05, 3.63) is 47.2 Å². The second-order valence-corrected chi connectivity index (χ2v) is 4.11. The van der Waals surface area contributed by atoms with E-state index in [9.17, 15) is 4.39 Å². The van der Waals surface area contributed by atoms with Gasteiger partial charge in [0.2, 0.25) is 0 Å². The zero-order valence-corrected chi connectivity index (χ0v) is 9.81. The lowest BCUT2D eigenvalue weighted by atomic mass is 10.1. The van der Waals surface area contributed by atoms with Crippen LogP contribution in [0.2, 0.25) is 0 Å². The van der Waals surface area contributed by atoms with Gasteiger partial charge in [0.05, 0.1) is 12.2 Å². The molecule has 2 heterocycles. The summed E-state index contributed by atoms with van der Waals surface area (Å²) in [6, 6.07) is 4.96. The number of hydrogen-bond donors (Lipinski definition) is 1. The van der Waals surface area contributed by atoms with Crippen LogP contribution in [0.4, 0.5) is 15.9 Å². The Morgan fingerprint density at radius 1 is 1.33 bits per heavy atom. The fourth-order valence-corrected chi connectivity index (χ4v) is 1.89. The monoisotopic (exact) mass is 242 g/mol. The van der Waals surface area contributed by atoms with Crippen molar-refractivity contribution in [2.45, 2.75) is 13.5 Å². The summed E-state index contributed by atoms with van der Waals surface area (Å²) in [5.74, 6) is 0.926. The number of aromatic nitrogens is 2. The molecule has 1 aliphatic rings. The second kappa shape index (κ2) is 4.18. The lowest BCUT2D eigenvalue weighted by molar-refractivity contribution is 0.629. The fourth-order valence-electron chi connectivity index (χ4n) is 1.89. The van der Waals surface area contributed by atoms with E-state index in [4.69, 9.17) is 0 Å². The van der Waals surface area contributed by atoms with Crippen molar-refractivity contribution in [3.63, 3.8) is 0 Å². The molecular formula is C13H11FN4. The predicted octanol–water partition coefficient (Wildman–Crippen LogP) is 2.60. The van der Waals surface area contributed by atoms with Gasteiger partial charge in [-0.3, -0.25) is 4.99 Å². The Kier molecular flexibility index (Phi) is 2.51. The van der Waals surface area contributed by atoms with E-state index in [-0.39, 0.29) is 5.82 Å². The van der Waals surface area contributed by atoms with Crippen LogP contribution in [0.25, 0.3) is 0 Å². The number of nitrogens with one attached hydrogen (secondary N) is 1. The molecule has 0 spiro atoms. The molecule has 1 N–H and O–H groups in total. The molecule has 5 heteroatoms. The second-order valence-electron chi connectivity index (χ2n) is 4.11. The number of aliphatic imine (C=N–C) groups is 1. The van der Waals surface area contributed by atoms with Crippen LogP contribution < -0.4 is 5.32 Å². The van der Waals surface area contributed by atoms with Crippen molar-refractivity contribution in [2.75, 3.05) is 5.32 Å².